The molecule has 4 N–H and O–H groups in total. The summed E-state index contributed by atoms with van der Waals surface area (Å²) in [5.74, 6) is 0.426. The number of carbonyl (C=O) groups excluding carboxylic acids is 1. The molecule has 0 saturated heterocycles. The number of nitrogen functional groups attached to an aromatic ring is 1. The number of aromatic amines is 1. The van der Waals surface area contributed by atoms with Crippen LogP contribution in [0.1, 0.15) is 19.7 Å². The molecule has 1 aromatic rings. The molecule has 100 valence electrons. The van der Waals surface area contributed by atoms with Crippen LogP contribution in [0.15, 0.2) is 10.9 Å². The Labute approximate surface area is 105 Å². The van der Waals surface area contributed by atoms with E-state index in [0.29, 0.717) is 25.4 Å². The zero-order chi connectivity index (χ0) is 13.5. The lowest BCUT2D eigenvalue weighted by Gasteiger charge is -2.11. The summed E-state index contributed by atoms with van der Waals surface area (Å²) in [6.07, 6.45) is -0.0759. The van der Waals surface area contributed by atoms with Crippen LogP contribution < -0.4 is 16.6 Å². The molecule has 0 aliphatic carbocycles. The van der Waals surface area contributed by atoms with Gasteiger partial charge >= 0.3 is 0 Å². The number of aromatic nitrogens is 2. The van der Waals surface area contributed by atoms with E-state index in [1.807, 2.05) is 6.92 Å². The number of hydrogen-bond donors (Lipinski definition) is 3. The van der Waals surface area contributed by atoms with Crippen molar-refractivity contribution in [3.63, 3.8) is 0 Å². The summed E-state index contributed by atoms with van der Waals surface area (Å²) < 4.78 is 5.14. The molecular weight excluding hydrogens is 236 g/mol. The predicted molar refractivity (Wildman–Crippen MR) is 67.1 cm³/mol. The average Bonchev–Trinajstić information content (AvgIpc) is 2.27. The second-order valence-corrected chi connectivity index (χ2v) is 3.76. The number of hydrogen-bond acceptors (Lipinski definition) is 5. The van der Waals surface area contributed by atoms with Gasteiger partial charge in [0.25, 0.3) is 5.56 Å². The fourth-order valence-corrected chi connectivity index (χ4v) is 1.42. The van der Waals surface area contributed by atoms with Crippen LogP contribution in [0.2, 0.25) is 0 Å². The number of amides is 1. The summed E-state index contributed by atoms with van der Waals surface area (Å²) in [5, 5.41) is 2.69. The Bertz CT molecular complexity index is 458. The molecule has 0 spiro atoms. The number of nitrogens with zero attached hydrogens (tertiary/aromatic N) is 1. The standard InChI is InChI=1S/C11H18N4O3/c1-3-18-7(2)11(17)13-5-4-9-14-8(12)6-10(16)15-9/h6-7H,3-5H2,1-2H3,(H,13,17)(H3,12,14,15,16)/t7-/m1/s1. The number of carbonyl (C=O) groups is 1. The maximum Gasteiger partial charge on any atom is 0.252 e. The zero-order valence-electron chi connectivity index (χ0n) is 10.5. The van der Waals surface area contributed by atoms with Gasteiger partial charge in [-0.25, -0.2) is 4.98 Å². The number of rotatable bonds is 6. The highest BCUT2D eigenvalue weighted by molar-refractivity contribution is 5.80. The zero-order valence-corrected chi connectivity index (χ0v) is 10.5. The third-order valence-corrected chi connectivity index (χ3v) is 2.26. The Morgan fingerprint density at radius 1 is 1.67 bits per heavy atom. The molecule has 0 fully saturated rings. The quantitative estimate of drug-likeness (QED) is 0.630. The summed E-state index contributed by atoms with van der Waals surface area (Å²) >= 11 is 0. The minimum atomic E-state index is -0.483. The summed E-state index contributed by atoms with van der Waals surface area (Å²) in [6, 6.07) is 1.21. The summed E-state index contributed by atoms with van der Waals surface area (Å²) in [7, 11) is 0. The monoisotopic (exact) mass is 254 g/mol. The Morgan fingerprint density at radius 2 is 2.39 bits per heavy atom. The molecule has 1 aromatic heterocycles. The molecule has 0 aliphatic rings. The van der Waals surface area contributed by atoms with E-state index in [0.717, 1.165) is 0 Å². The van der Waals surface area contributed by atoms with Gasteiger partial charge in [0, 0.05) is 25.6 Å². The van der Waals surface area contributed by atoms with Crippen molar-refractivity contribution in [3.05, 3.63) is 22.2 Å². The van der Waals surface area contributed by atoms with Crippen molar-refractivity contribution in [3.8, 4) is 0 Å². The van der Waals surface area contributed by atoms with Crippen LogP contribution in [0.25, 0.3) is 0 Å². The Balaban J connectivity index is 2.42. The molecule has 18 heavy (non-hydrogen) atoms. The molecule has 0 aromatic carbocycles. The maximum absolute atomic E-state index is 11.5. The van der Waals surface area contributed by atoms with Gasteiger partial charge in [0.05, 0.1) is 0 Å². The SMILES string of the molecule is CCO[C@H](C)C(=O)NCCc1nc(N)cc(=O)[nH]1. The van der Waals surface area contributed by atoms with Crippen molar-refractivity contribution in [1.29, 1.82) is 0 Å². The Hall–Kier alpha value is -1.89. The molecule has 7 heteroatoms. The van der Waals surface area contributed by atoms with Crippen LogP contribution in [0.4, 0.5) is 5.82 Å². The van der Waals surface area contributed by atoms with E-state index in [9.17, 15) is 9.59 Å². The van der Waals surface area contributed by atoms with Crippen molar-refractivity contribution >= 4 is 11.7 Å². The van der Waals surface area contributed by atoms with E-state index in [4.69, 9.17) is 10.5 Å². The van der Waals surface area contributed by atoms with Gasteiger partial charge in [-0.05, 0) is 13.8 Å². The van der Waals surface area contributed by atoms with Crippen molar-refractivity contribution in [2.75, 3.05) is 18.9 Å². The summed E-state index contributed by atoms with van der Waals surface area (Å²) in [4.78, 5) is 29.1. The summed E-state index contributed by atoms with van der Waals surface area (Å²) in [5.41, 5.74) is 5.14. The van der Waals surface area contributed by atoms with E-state index in [1.165, 1.54) is 6.07 Å². The first-order chi connectivity index (χ1) is 8.52. The first-order valence-corrected chi connectivity index (χ1v) is 5.78. The Morgan fingerprint density at radius 3 is 3.00 bits per heavy atom. The van der Waals surface area contributed by atoms with E-state index in [1.54, 1.807) is 6.92 Å². The maximum atomic E-state index is 11.5. The fourth-order valence-electron chi connectivity index (χ4n) is 1.42. The van der Waals surface area contributed by atoms with Crippen molar-refractivity contribution in [2.24, 2.45) is 0 Å². The third kappa shape index (κ3) is 4.54. The third-order valence-electron chi connectivity index (χ3n) is 2.26. The number of H-pyrrole nitrogens is 1. The molecule has 0 unspecified atom stereocenters. The van der Waals surface area contributed by atoms with E-state index in [2.05, 4.69) is 15.3 Å². The number of ether oxygens (including phenoxy) is 1. The first-order valence-electron chi connectivity index (χ1n) is 5.78. The van der Waals surface area contributed by atoms with Crippen LogP contribution in [-0.2, 0) is 16.0 Å². The minimum absolute atomic E-state index is 0.169. The van der Waals surface area contributed by atoms with Gasteiger partial charge in [-0.2, -0.15) is 0 Å². The molecule has 1 amide bonds. The molecule has 0 aliphatic heterocycles. The number of nitrogens with two attached hydrogens (primary N) is 1. The lowest BCUT2D eigenvalue weighted by Crippen LogP contribution is -2.36. The fraction of sp³-hybridized carbons (Fsp3) is 0.545. The molecule has 1 rings (SSSR count). The van der Waals surface area contributed by atoms with E-state index in [-0.39, 0.29) is 17.3 Å². The van der Waals surface area contributed by atoms with Gasteiger partial charge < -0.3 is 20.8 Å². The van der Waals surface area contributed by atoms with Gasteiger partial charge in [-0.3, -0.25) is 9.59 Å². The van der Waals surface area contributed by atoms with Gasteiger partial charge in [0.1, 0.15) is 17.7 Å². The number of anilines is 1. The topological polar surface area (TPSA) is 110 Å². The van der Waals surface area contributed by atoms with E-state index >= 15 is 0 Å². The van der Waals surface area contributed by atoms with Gasteiger partial charge in [-0.15, -0.1) is 0 Å². The first kappa shape index (κ1) is 14.2. The minimum Gasteiger partial charge on any atom is -0.383 e. The lowest BCUT2D eigenvalue weighted by atomic mass is 10.3. The lowest BCUT2D eigenvalue weighted by molar-refractivity contribution is -0.131. The van der Waals surface area contributed by atoms with Gasteiger partial charge in [0.15, 0.2) is 0 Å². The van der Waals surface area contributed by atoms with Crippen LogP contribution in [0.5, 0.6) is 0 Å². The van der Waals surface area contributed by atoms with Gasteiger partial charge in [-0.1, -0.05) is 0 Å². The van der Waals surface area contributed by atoms with Crippen LogP contribution in [-0.4, -0.2) is 35.1 Å². The molecular formula is C11H18N4O3. The normalized spacial score (nSPS) is 12.1. The van der Waals surface area contributed by atoms with Crippen LogP contribution >= 0.6 is 0 Å². The largest absolute Gasteiger partial charge is 0.383 e. The highest BCUT2D eigenvalue weighted by Gasteiger charge is 2.11. The second kappa shape index (κ2) is 6.75. The molecule has 1 atom stereocenters. The smallest absolute Gasteiger partial charge is 0.252 e. The van der Waals surface area contributed by atoms with E-state index < -0.39 is 6.10 Å². The Kier molecular flexibility index (Phi) is 5.31. The average molecular weight is 254 g/mol. The van der Waals surface area contributed by atoms with Crippen molar-refractivity contribution < 1.29 is 9.53 Å². The highest BCUT2D eigenvalue weighted by atomic mass is 16.5. The highest BCUT2D eigenvalue weighted by Crippen LogP contribution is 1.94. The van der Waals surface area contributed by atoms with Crippen LogP contribution in [0, 0.1) is 0 Å². The van der Waals surface area contributed by atoms with Crippen LogP contribution in [0.3, 0.4) is 0 Å². The van der Waals surface area contributed by atoms with Gasteiger partial charge in [0.2, 0.25) is 5.91 Å². The molecule has 7 nitrogen and oxygen atoms in total. The molecule has 1 heterocycles. The molecule has 0 radical (unpaired) electrons. The van der Waals surface area contributed by atoms with Crippen molar-refractivity contribution in [2.45, 2.75) is 26.4 Å². The van der Waals surface area contributed by atoms with Crippen molar-refractivity contribution in [1.82, 2.24) is 15.3 Å². The second-order valence-electron chi connectivity index (χ2n) is 3.76. The molecule has 0 saturated carbocycles. The number of nitrogens with one attached hydrogen (secondary N) is 2. The summed E-state index contributed by atoms with van der Waals surface area (Å²) in [6.45, 7) is 4.35. The predicted octanol–water partition coefficient (Wildman–Crippen LogP) is -0.564. The molecule has 0 bridgehead atoms.